The lowest BCUT2D eigenvalue weighted by molar-refractivity contribution is -0.142. The van der Waals surface area contributed by atoms with Crippen LogP contribution in [0.25, 0.3) is 0 Å². The van der Waals surface area contributed by atoms with Gasteiger partial charge in [-0.1, -0.05) is 6.42 Å². The van der Waals surface area contributed by atoms with E-state index in [2.05, 4.69) is 21.7 Å². The molecule has 3 aliphatic rings. The summed E-state index contributed by atoms with van der Waals surface area (Å²) in [7, 11) is 2.08. The third-order valence-corrected chi connectivity index (χ3v) is 4.63. The predicted molar refractivity (Wildman–Crippen MR) is 66.8 cm³/mol. The monoisotopic (exact) mass is 237 g/mol. The Morgan fingerprint density at radius 1 is 1.06 bits per heavy atom. The van der Waals surface area contributed by atoms with Crippen molar-refractivity contribution in [2.24, 2.45) is 5.92 Å². The minimum absolute atomic E-state index is 0.287. The molecule has 0 bridgehead atoms. The molecule has 0 aromatic carbocycles. The highest BCUT2D eigenvalue weighted by molar-refractivity contribution is 5.80. The van der Waals surface area contributed by atoms with Crippen molar-refractivity contribution in [1.29, 1.82) is 0 Å². The van der Waals surface area contributed by atoms with Gasteiger partial charge in [-0.3, -0.25) is 9.69 Å². The van der Waals surface area contributed by atoms with E-state index in [-0.39, 0.29) is 5.92 Å². The molecule has 96 valence electrons. The van der Waals surface area contributed by atoms with Gasteiger partial charge >= 0.3 is 0 Å². The van der Waals surface area contributed by atoms with Crippen LogP contribution in [0.2, 0.25) is 0 Å². The van der Waals surface area contributed by atoms with Gasteiger partial charge in [-0.15, -0.1) is 0 Å². The molecule has 2 heterocycles. The molecule has 3 fully saturated rings. The number of carbonyl (C=O) groups excluding carboxylic acids is 1. The van der Waals surface area contributed by atoms with Crippen LogP contribution in [0.1, 0.15) is 19.3 Å². The van der Waals surface area contributed by atoms with Crippen LogP contribution in [-0.2, 0) is 4.79 Å². The minimum atomic E-state index is 0.287. The molecule has 0 aromatic rings. The SMILES string of the molecule is CN1CC(C(=O)N2CCN(C3CCC3)CC2)C1. The van der Waals surface area contributed by atoms with E-state index < -0.39 is 0 Å². The molecule has 0 spiro atoms. The third kappa shape index (κ3) is 2.20. The first kappa shape index (κ1) is 11.5. The lowest BCUT2D eigenvalue weighted by atomic mass is 9.91. The Morgan fingerprint density at radius 2 is 1.71 bits per heavy atom. The largest absolute Gasteiger partial charge is 0.340 e. The second-order valence-electron chi connectivity index (χ2n) is 5.86. The zero-order chi connectivity index (χ0) is 11.8. The lowest BCUT2D eigenvalue weighted by Crippen LogP contribution is -2.58. The van der Waals surface area contributed by atoms with E-state index >= 15 is 0 Å². The van der Waals surface area contributed by atoms with Gasteiger partial charge in [0, 0.05) is 45.3 Å². The number of amides is 1. The predicted octanol–water partition coefficient (Wildman–Crippen LogP) is 0.245. The van der Waals surface area contributed by atoms with Crippen LogP contribution in [0, 0.1) is 5.92 Å². The molecule has 4 nitrogen and oxygen atoms in total. The van der Waals surface area contributed by atoms with E-state index in [0.29, 0.717) is 5.91 Å². The fourth-order valence-corrected chi connectivity index (χ4v) is 3.17. The summed E-state index contributed by atoms with van der Waals surface area (Å²) in [5.74, 6) is 0.687. The van der Waals surface area contributed by atoms with Crippen molar-refractivity contribution >= 4 is 5.91 Å². The highest BCUT2D eigenvalue weighted by atomic mass is 16.2. The van der Waals surface area contributed by atoms with Crippen molar-refractivity contribution in [2.75, 3.05) is 46.3 Å². The van der Waals surface area contributed by atoms with Gasteiger partial charge in [0.15, 0.2) is 0 Å². The van der Waals surface area contributed by atoms with E-state index in [4.69, 9.17) is 0 Å². The van der Waals surface area contributed by atoms with Crippen LogP contribution in [0.3, 0.4) is 0 Å². The maximum atomic E-state index is 12.2. The molecule has 0 radical (unpaired) electrons. The molecule has 2 aliphatic heterocycles. The fraction of sp³-hybridized carbons (Fsp3) is 0.923. The summed E-state index contributed by atoms with van der Waals surface area (Å²) in [4.78, 5) is 19.1. The van der Waals surface area contributed by atoms with E-state index in [1.807, 2.05) is 0 Å². The van der Waals surface area contributed by atoms with E-state index in [1.165, 1.54) is 19.3 Å². The first-order valence-corrected chi connectivity index (χ1v) is 6.95. The zero-order valence-electron chi connectivity index (χ0n) is 10.8. The Hall–Kier alpha value is -0.610. The summed E-state index contributed by atoms with van der Waals surface area (Å²) < 4.78 is 0. The van der Waals surface area contributed by atoms with Crippen molar-refractivity contribution in [3.63, 3.8) is 0 Å². The number of rotatable bonds is 2. The molecule has 3 rings (SSSR count). The smallest absolute Gasteiger partial charge is 0.228 e. The molecule has 1 aliphatic carbocycles. The zero-order valence-corrected chi connectivity index (χ0v) is 10.8. The van der Waals surface area contributed by atoms with Crippen LogP contribution in [0.15, 0.2) is 0 Å². The number of likely N-dealkylation sites (tertiary alicyclic amines) is 1. The van der Waals surface area contributed by atoms with Gasteiger partial charge in [0.2, 0.25) is 5.91 Å². The highest BCUT2D eigenvalue weighted by Gasteiger charge is 2.35. The molecule has 2 saturated heterocycles. The third-order valence-electron chi connectivity index (χ3n) is 4.63. The van der Waals surface area contributed by atoms with Gasteiger partial charge in [0.1, 0.15) is 0 Å². The van der Waals surface area contributed by atoms with Crippen LogP contribution in [0.5, 0.6) is 0 Å². The maximum Gasteiger partial charge on any atom is 0.228 e. The summed E-state index contributed by atoms with van der Waals surface area (Å²) in [6, 6.07) is 0.835. The van der Waals surface area contributed by atoms with Crippen molar-refractivity contribution in [1.82, 2.24) is 14.7 Å². The Labute approximate surface area is 104 Å². The van der Waals surface area contributed by atoms with Crippen molar-refractivity contribution in [2.45, 2.75) is 25.3 Å². The molecule has 17 heavy (non-hydrogen) atoms. The first-order chi connectivity index (χ1) is 8.24. The average Bonchev–Trinajstić information content (AvgIpc) is 2.23. The number of hydrogen-bond acceptors (Lipinski definition) is 3. The van der Waals surface area contributed by atoms with Crippen LogP contribution >= 0.6 is 0 Å². The molecule has 0 unspecified atom stereocenters. The van der Waals surface area contributed by atoms with Crippen molar-refractivity contribution in [3.8, 4) is 0 Å². The minimum Gasteiger partial charge on any atom is -0.340 e. The molecule has 0 aromatic heterocycles. The number of hydrogen-bond donors (Lipinski definition) is 0. The van der Waals surface area contributed by atoms with Crippen molar-refractivity contribution in [3.05, 3.63) is 0 Å². The number of carbonyl (C=O) groups is 1. The van der Waals surface area contributed by atoms with Gasteiger partial charge in [-0.25, -0.2) is 0 Å². The highest BCUT2D eigenvalue weighted by Crippen LogP contribution is 2.26. The van der Waals surface area contributed by atoms with Gasteiger partial charge < -0.3 is 9.80 Å². The Bertz CT molecular complexity index is 289. The van der Waals surface area contributed by atoms with Crippen LogP contribution in [-0.4, -0.2) is 73.0 Å². The van der Waals surface area contributed by atoms with E-state index in [9.17, 15) is 4.79 Å². The molecule has 1 saturated carbocycles. The molecular weight excluding hydrogens is 214 g/mol. The number of nitrogens with zero attached hydrogens (tertiary/aromatic N) is 3. The summed E-state index contributed by atoms with van der Waals surface area (Å²) >= 11 is 0. The molecule has 1 amide bonds. The molecule has 4 heteroatoms. The van der Waals surface area contributed by atoms with Crippen LogP contribution < -0.4 is 0 Å². The fourth-order valence-electron chi connectivity index (χ4n) is 3.17. The molecule has 0 atom stereocenters. The summed E-state index contributed by atoms with van der Waals surface area (Å²) in [5, 5.41) is 0. The second-order valence-corrected chi connectivity index (χ2v) is 5.86. The van der Waals surface area contributed by atoms with Gasteiger partial charge in [-0.05, 0) is 19.9 Å². The van der Waals surface area contributed by atoms with Crippen LogP contribution in [0.4, 0.5) is 0 Å². The summed E-state index contributed by atoms with van der Waals surface area (Å²) in [5.41, 5.74) is 0. The normalized spacial score (nSPS) is 28.9. The second kappa shape index (κ2) is 4.58. The van der Waals surface area contributed by atoms with Gasteiger partial charge in [-0.2, -0.15) is 0 Å². The standard InChI is InChI=1S/C13H23N3O/c1-14-9-11(10-14)13(17)16-7-5-15(6-8-16)12-3-2-4-12/h11-12H,2-10H2,1H3. The Morgan fingerprint density at radius 3 is 2.18 bits per heavy atom. The summed E-state index contributed by atoms with van der Waals surface area (Å²) in [6.07, 6.45) is 4.15. The quantitative estimate of drug-likeness (QED) is 0.688. The van der Waals surface area contributed by atoms with E-state index in [1.54, 1.807) is 0 Å². The average molecular weight is 237 g/mol. The van der Waals surface area contributed by atoms with Crippen molar-refractivity contribution < 1.29 is 4.79 Å². The molecule has 0 N–H and O–H groups in total. The Balaban J connectivity index is 1.46. The summed E-state index contributed by atoms with van der Waals surface area (Å²) in [6.45, 7) is 6.02. The maximum absolute atomic E-state index is 12.2. The number of piperazine rings is 1. The lowest BCUT2D eigenvalue weighted by Gasteiger charge is -2.45. The molecular formula is C13H23N3O. The van der Waals surface area contributed by atoms with Gasteiger partial charge in [0.25, 0.3) is 0 Å². The van der Waals surface area contributed by atoms with E-state index in [0.717, 1.165) is 45.3 Å². The van der Waals surface area contributed by atoms with Gasteiger partial charge in [0.05, 0.1) is 5.92 Å². The Kier molecular flexibility index (Phi) is 3.09. The topological polar surface area (TPSA) is 26.8 Å². The first-order valence-electron chi connectivity index (χ1n) is 6.95.